The zero-order chi connectivity index (χ0) is 4.50. The second-order valence-corrected chi connectivity index (χ2v) is 1.28. The molecule has 0 aromatic heterocycles. The summed E-state index contributed by atoms with van der Waals surface area (Å²) in [5.41, 5.74) is 0. The van der Waals surface area contributed by atoms with Crippen molar-refractivity contribution in [1.29, 1.82) is 0 Å². The summed E-state index contributed by atoms with van der Waals surface area (Å²) in [4.78, 5) is 0. The van der Waals surface area contributed by atoms with Gasteiger partial charge in [-0.1, -0.05) is 0 Å². The van der Waals surface area contributed by atoms with E-state index in [-0.39, 0.29) is 41.2 Å². The van der Waals surface area contributed by atoms with Crippen molar-refractivity contribution in [3.63, 3.8) is 0 Å². The molecule has 6 nitrogen and oxygen atoms in total. The van der Waals surface area contributed by atoms with Gasteiger partial charge in [0.2, 0.25) is 10.4 Å². The molecule has 6 N–H and O–H groups in total. The first-order chi connectivity index (χ1) is 2.00. The van der Waals surface area contributed by atoms with Crippen LogP contribution in [-0.2, 0) is 10.4 Å². The van der Waals surface area contributed by atoms with Crippen molar-refractivity contribution in [2.45, 2.75) is 0 Å². The zero-order valence-electron chi connectivity index (χ0n) is 4.53. The van der Waals surface area contributed by atoms with E-state index in [4.69, 9.17) is 17.5 Å². The van der Waals surface area contributed by atoms with Crippen molar-refractivity contribution in [3.05, 3.63) is 0 Å². The first-order valence-corrected chi connectivity index (χ1v) is 2.05. The molecule has 0 unspecified atom stereocenters. The summed E-state index contributed by atoms with van der Waals surface area (Å²) in [6, 6.07) is 0. The van der Waals surface area contributed by atoms with Gasteiger partial charge in [-0.05, 0) is 0 Å². The van der Waals surface area contributed by atoms with Crippen molar-refractivity contribution in [1.82, 2.24) is 6.15 Å². The fourth-order valence-electron chi connectivity index (χ4n) is 0. The summed E-state index contributed by atoms with van der Waals surface area (Å²) in [5.74, 6) is 0. The van der Waals surface area contributed by atoms with Gasteiger partial charge in [0, 0.05) is 0 Å². The van der Waals surface area contributed by atoms with Crippen molar-refractivity contribution in [3.8, 4) is 0 Å². The fraction of sp³-hybridized carbons (Fsp3) is 0. The van der Waals surface area contributed by atoms with Gasteiger partial charge in [-0.25, -0.2) is 8.42 Å². The molecule has 0 bridgehead atoms. The predicted molar refractivity (Wildman–Crippen MR) is 20.2 cm³/mol. The van der Waals surface area contributed by atoms with E-state index in [1.807, 2.05) is 0 Å². The van der Waals surface area contributed by atoms with Crippen LogP contribution in [0.25, 0.3) is 0 Å². The van der Waals surface area contributed by atoms with Crippen LogP contribution in [0.3, 0.4) is 0 Å². The van der Waals surface area contributed by atoms with E-state index < -0.39 is 10.4 Å². The minimum absolute atomic E-state index is 0. The minimum atomic E-state index is -4.92. The summed E-state index contributed by atoms with van der Waals surface area (Å²) in [7, 11) is -4.92. The molecule has 0 radical (unpaired) electrons. The maximum absolute atomic E-state index is 8.63. The number of hydrogen-bond acceptors (Lipinski definition) is 4. The van der Waals surface area contributed by atoms with Crippen LogP contribution in [0.2, 0.25) is 0 Å². The molecular weight excluding hydrogens is 149 g/mol. The van der Waals surface area contributed by atoms with Gasteiger partial charge in [-0.15, -0.1) is 0 Å². The van der Waals surface area contributed by atoms with Crippen LogP contribution in [-0.4, -0.2) is 23.0 Å². The Hall–Kier alpha value is 0.790. The third-order valence-corrected chi connectivity index (χ3v) is 0. The molecule has 0 aliphatic carbocycles. The Morgan fingerprint density at radius 1 is 1.38 bits per heavy atom. The standard InChI is InChI=1S/H3N.Na.H2O4S.H2O/c;;1-5(2,3)4;/h1H3;;(H2,1,2,3,4);1H2/q;+1;;/p-1. The monoisotopic (exact) mass is 155 g/mol. The van der Waals surface area contributed by atoms with Crippen molar-refractivity contribution < 1.29 is 52.6 Å². The number of hydrogen-bond donors (Lipinski definition) is 2. The van der Waals surface area contributed by atoms with E-state index in [9.17, 15) is 0 Å². The normalized spacial score (nSPS) is 7.25. The molecule has 0 fully saturated rings. The van der Waals surface area contributed by atoms with Gasteiger partial charge in [0.05, 0.1) is 0 Å². The van der Waals surface area contributed by atoms with E-state index in [2.05, 4.69) is 0 Å². The topological polar surface area (TPSA) is 144 Å². The van der Waals surface area contributed by atoms with Crippen LogP contribution in [0.1, 0.15) is 0 Å². The Balaban J connectivity index is -0.0000000267. The van der Waals surface area contributed by atoms with Gasteiger partial charge in [-0.3, -0.25) is 4.55 Å². The first kappa shape index (κ1) is 23.2. The van der Waals surface area contributed by atoms with Crippen LogP contribution in [0.5, 0.6) is 0 Å². The van der Waals surface area contributed by atoms with Crippen molar-refractivity contribution in [2.75, 3.05) is 0 Å². The summed E-state index contributed by atoms with van der Waals surface area (Å²) in [6.07, 6.45) is 0. The third kappa shape index (κ3) is 365. The quantitative estimate of drug-likeness (QED) is 0.209. The van der Waals surface area contributed by atoms with Crippen molar-refractivity contribution >= 4 is 10.4 Å². The summed E-state index contributed by atoms with van der Waals surface area (Å²) < 4.78 is 32.8. The SMILES string of the molecule is O=S(=O)([O-])O.[NH4+].[Na+].[OH-]. The molecule has 48 valence electrons. The van der Waals surface area contributed by atoms with Crippen LogP contribution in [0.4, 0.5) is 0 Å². The smallest absolute Gasteiger partial charge is 0.870 e. The Morgan fingerprint density at radius 3 is 1.38 bits per heavy atom. The third-order valence-electron chi connectivity index (χ3n) is 0. The molecule has 0 spiro atoms. The molecule has 0 aromatic rings. The molecule has 0 heterocycles. The molecule has 0 aromatic carbocycles. The Bertz CT molecular complexity index is 95.6. The fourth-order valence-corrected chi connectivity index (χ4v) is 0. The Kier molecular flexibility index (Phi) is 22.6. The minimum Gasteiger partial charge on any atom is -0.870 e. The molecule has 0 amide bonds. The zero-order valence-corrected chi connectivity index (χ0v) is 7.34. The van der Waals surface area contributed by atoms with E-state index in [0.717, 1.165) is 0 Å². The Labute approximate surface area is 69.0 Å². The summed E-state index contributed by atoms with van der Waals surface area (Å²) in [5, 5.41) is 0. The van der Waals surface area contributed by atoms with Crippen LogP contribution >= 0.6 is 0 Å². The summed E-state index contributed by atoms with van der Waals surface area (Å²) >= 11 is 0. The van der Waals surface area contributed by atoms with Gasteiger partial charge >= 0.3 is 29.6 Å². The average Bonchev–Trinajstić information content (AvgIpc) is 0.722. The van der Waals surface area contributed by atoms with E-state index in [0.29, 0.717) is 0 Å². The van der Waals surface area contributed by atoms with E-state index in [1.165, 1.54) is 0 Å². The van der Waals surface area contributed by atoms with Gasteiger partial charge in [0.15, 0.2) is 0 Å². The van der Waals surface area contributed by atoms with Crippen LogP contribution in [0.15, 0.2) is 0 Å². The second-order valence-electron chi connectivity index (χ2n) is 0.428. The van der Waals surface area contributed by atoms with E-state index >= 15 is 0 Å². The molecule has 8 heavy (non-hydrogen) atoms. The number of rotatable bonds is 0. The van der Waals surface area contributed by atoms with Gasteiger partial charge in [-0.2, -0.15) is 0 Å². The maximum Gasteiger partial charge on any atom is 1.00 e. The molecule has 0 aliphatic heterocycles. The first-order valence-electron chi connectivity index (χ1n) is 0.683. The van der Waals surface area contributed by atoms with Crippen LogP contribution in [0, 0.1) is 0 Å². The molecule has 0 saturated carbocycles. The summed E-state index contributed by atoms with van der Waals surface area (Å²) in [6.45, 7) is 0. The van der Waals surface area contributed by atoms with Gasteiger partial charge in [0.1, 0.15) is 0 Å². The molecule has 0 rings (SSSR count). The Morgan fingerprint density at radius 2 is 1.38 bits per heavy atom. The average molecular weight is 155 g/mol. The van der Waals surface area contributed by atoms with Gasteiger partial charge in [0.25, 0.3) is 0 Å². The van der Waals surface area contributed by atoms with Crippen molar-refractivity contribution in [2.24, 2.45) is 0 Å². The molecular formula is H6NNaO5S. The predicted octanol–water partition coefficient (Wildman–Crippen LogP) is -3.79. The molecule has 8 heteroatoms. The van der Waals surface area contributed by atoms with E-state index in [1.54, 1.807) is 0 Å². The molecule has 0 saturated heterocycles. The van der Waals surface area contributed by atoms with Gasteiger partial charge < -0.3 is 16.2 Å². The number of quaternary nitrogens is 1. The molecule has 0 atom stereocenters. The molecule has 0 aliphatic rings. The second kappa shape index (κ2) is 7.79. The maximum atomic E-state index is 8.63. The largest absolute Gasteiger partial charge is 1.00 e. The van der Waals surface area contributed by atoms with Crippen LogP contribution < -0.4 is 35.7 Å².